The maximum atomic E-state index is 13.0. The van der Waals surface area contributed by atoms with Gasteiger partial charge < -0.3 is 19.7 Å². The zero-order valence-corrected chi connectivity index (χ0v) is 18.4. The number of hydrogen-bond acceptors (Lipinski definition) is 6. The Bertz CT molecular complexity index is 923. The lowest BCUT2D eigenvalue weighted by Crippen LogP contribution is -2.42. The average Bonchev–Trinajstić information content (AvgIpc) is 3.25. The number of anilines is 1. The first-order chi connectivity index (χ1) is 14.9. The number of aryl methyl sites for hydroxylation is 1. The van der Waals surface area contributed by atoms with Crippen LogP contribution in [0.15, 0.2) is 23.1 Å². The van der Waals surface area contributed by atoms with Crippen molar-refractivity contribution in [2.75, 3.05) is 50.9 Å². The van der Waals surface area contributed by atoms with Gasteiger partial charge in [0.1, 0.15) is 6.54 Å². The van der Waals surface area contributed by atoms with Crippen LogP contribution >= 0.6 is 0 Å². The summed E-state index contributed by atoms with van der Waals surface area (Å²) in [6, 6.07) is 4.83. The molecule has 0 aromatic heterocycles. The minimum Gasteiger partial charge on any atom is -0.379 e. The summed E-state index contributed by atoms with van der Waals surface area (Å²) in [7, 11) is -3.62. The van der Waals surface area contributed by atoms with Gasteiger partial charge in [-0.3, -0.25) is 9.59 Å². The number of nitrogens with zero attached hydrogens (tertiary/aromatic N) is 2. The van der Waals surface area contributed by atoms with Gasteiger partial charge in [-0.05, 0) is 49.4 Å². The van der Waals surface area contributed by atoms with Gasteiger partial charge in [0, 0.05) is 38.3 Å². The van der Waals surface area contributed by atoms with Gasteiger partial charge in [0.2, 0.25) is 21.8 Å². The van der Waals surface area contributed by atoms with Crippen molar-refractivity contribution in [1.29, 1.82) is 0 Å². The SMILES string of the molecule is O=C(CN1C(=O)CCCc2cc(S(=O)(=O)N3CCOCC3)ccc21)NC[C@@H]1CCCO1. The van der Waals surface area contributed by atoms with Crippen LogP contribution in [0, 0.1) is 0 Å². The highest BCUT2D eigenvalue weighted by molar-refractivity contribution is 7.89. The van der Waals surface area contributed by atoms with Gasteiger partial charge in [0.15, 0.2) is 0 Å². The molecular weight excluding hydrogens is 422 g/mol. The summed E-state index contributed by atoms with van der Waals surface area (Å²) in [5.74, 6) is -0.378. The zero-order chi connectivity index (χ0) is 21.8. The van der Waals surface area contributed by atoms with Crippen LogP contribution < -0.4 is 10.2 Å². The van der Waals surface area contributed by atoms with Gasteiger partial charge >= 0.3 is 0 Å². The van der Waals surface area contributed by atoms with E-state index in [1.807, 2.05) is 0 Å². The van der Waals surface area contributed by atoms with Gasteiger partial charge in [-0.25, -0.2) is 8.42 Å². The molecule has 0 radical (unpaired) electrons. The highest BCUT2D eigenvalue weighted by Crippen LogP contribution is 2.30. The van der Waals surface area contributed by atoms with E-state index < -0.39 is 10.0 Å². The highest BCUT2D eigenvalue weighted by Gasteiger charge is 2.30. The molecule has 2 saturated heterocycles. The van der Waals surface area contributed by atoms with E-state index in [1.54, 1.807) is 12.1 Å². The molecule has 0 saturated carbocycles. The van der Waals surface area contributed by atoms with Crippen LogP contribution in [0.5, 0.6) is 0 Å². The van der Waals surface area contributed by atoms with Crippen LogP contribution in [0.25, 0.3) is 0 Å². The van der Waals surface area contributed by atoms with E-state index in [-0.39, 0.29) is 29.4 Å². The molecule has 31 heavy (non-hydrogen) atoms. The lowest BCUT2D eigenvalue weighted by molar-refractivity contribution is -0.124. The number of rotatable bonds is 6. The molecule has 10 heteroatoms. The Balaban J connectivity index is 1.51. The molecule has 9 nitrogen and oxygen atoms in total. The van der Waals surface area contributed by atoms with Crippen LogP contribution in [0.2, 0.25) is 0 Å². The molecule has 4 rings (SSSR count). The molecule has 1 aromatic rings. The van der Waals surface area contributed by atoms with Crippen LogP contribution in [-0.2, 0) is 35.5 Å². The minimum absolute atomic E-state index is 0.0315. The molecule has 3 aliphatic heterocycles. The number of morpholine rings is 1. The van der Waals surface area contributed by atoms with E-state index in [2.05, 4.69) is 5.32 Å². The summed E-state index contributed by atoms with van der Waals surface area (Å²) < 4.78 is 38.2. The lowest BCUT2D eigenvalue weighted by Gasteiger charge is -2.27. The second-order valence-corrected chi connectivity index (χ2v) is 10.0. The second kappa shape index (κ2) is 9.64. The van der Waals surface area contributed by atoms with Crippen LogP contribution in [0.1, 0.15) is 31.2 Å². The number of carbonyl (C=O) groups is 2. The van der Waals surface area contributed by atoms with Gasteiger partial charge in [-0.1, -0.05) is 0 Å². The number of sulfonamides is 1. The third kappa shape index (κ3) is 5.08. The van der Waals surface area contributed by atoms with Crippen molar-refractivity contribution < 1.29 is 27.5 Å². The molecule has 1 atom stereocenters. The second-order valence-electron chi connectivity index (χ2n) is 8.08. The van der Waals surface area contributed by atoms with Crippen LogP contribution in [0.3, 0.4) is 0 Å². The number of nitrogens with one attached hydrogen (secondary N) is 1. The van der Waals surface area contributed by atoms with Gasteiger partial charge in [-0.2, -0.15) is 4.31 Å². The summed E-state index contributed by atoms with van der Waals surface area (Å²) in [5.41, 5.74) is 1.38. The minimum atomic E-state index is -3.62. The molecule has 2 amide bonds. The number of hydrogen-bond donors (Lipinski definition) is 1. The standard InChI is InChI=1S/C21H29N3O6S/c25-20(22-14-17-4-2-10-30-17)15-24-19-7-6-18(13-16(19)3-1-5-21(24)26)31(27,28)23-8-11-29-12-9-23/h6-7,13,17H,1-5,8-12,14-15H2,(H,22,25)/t17-/m0/s1. The van der Waals surface area contributed by atoms with Crippen molar-refractivity contribution in [2.24, 2.45) is 0 Å². The summed E-state index contributed by atoms with van der Waals surface area (Å²) in [6.07, 6.45) is 3.46. The number of amides is 2. The van der Waals surface area contributed by atoms with Crippen molar-refractivity contribution in [2.45, 2.75) is 43.1 Å². The largest absolute Gasteiger partial charge is 0.379 e. The number of carbonyl (C=O) groups excluding carboxylic acids is 2. The number of ether oxygens (including phenoxy) is 2. The molecule has 2 fully saturated rings. The van der Waals surface area contributed by atoms with Gasteiger partial charge in [-0.15, -0.1) is 0 Å². The average molecular weight is 452 g/mol. The van der Waals surface area contributed by atoms with Crippen molar-refractivity contribution in [1.82, 2.24) is 9.62 Å². The number of benzene rings is 1. The van der Waals surface area contributed by atoms with E-state index >= 15 is 0 Å². The molecule has 0 bridgehead atoms. The molecule has 0 unspecified atom stereocenters. The Morgan fingerprint density at radius 2 is 1.94 bits per heavy atom. The summed E-state index contributed by atoms with van der Waals surface area (Å²) >= 11 is 0. The first kappa shape index (κ1) is 22.2. The predicted molar refractivity (Wildman–Crippen MR) is 113 cm³/mol. The van der Waals surface area contributed by atoms with Gasteiger partial charge in [0.25, 0.3) is 0 Å². The van der Waals surface area contributed by atoms with Crippen molar-refractivity contribution >= 4 is 27.5 Å². The fourth-order valence-electron chi connectivity index (χ4n) is 4.23. The normalized spacial score (nSPS) is 22.8. The monoisotopic (exact) mass is 451 g/mol. The molecule has 3 aliphatic rings. The Kier molecular flexibility index (Phi) is 6.90. The fraction of sp³-hybridized carbons (Fsp3) is 0.619. The summed E-state index contributed by atoms with van der Waals surface area (Å²) in [4.78, 5) is 26.9. The van der Waals surface area contributed by atoms with E-state index in [4.69, 9.17) is 9.47 Å². The summed E-state index contributed by atoms with van der Waals surface area (Å²) in [6.45, 7) is 2.48. The zero-order valence-electron chi connectivity index (χ0n) is 17.5. The van der Waals surface area contributed by atoms with E-state index in [0.29, 0.717) is 64.4 Å². The third-order valence-electron chi connectivity index (χ3n) is 5.94. The smallest absolute Gasteiger partial charge is 0.243 e. The van der Waals surface area contributed by atoms with Gasteiger partial charge in [0.05, 0.1) is 24.2 Å². The molecule has 1 aromatic carbocycles. The fourth-order valence-corrected chi connectivity index (χ4v) is 5.69. The molecule has 170 valence electrons. The Morgan fingerprint density at radius 1 is 1.13 bits per heavy atom. The maximum Gasteiger partial charge on any atom is 0.243 e. The number of fused-ring (bicyclic) bond motifs is 1. The van der Waals surface area contributed by atoms with E-state index in [0.717, 1.165) is 18.4 Å². The van der Waals surface area contributed by atoms with Crippen molar-refractivity contribution in [3.8, 4) is 0 Å². The highest BCUT2D eigenvalue weighted by atomic mass is 32.2. The lowest BCUT2D eigenvalue weighted by atomic mass is 10.1. The molecule has 0 aliphatic carbocycles. The molecule has 0 spiro atoms. The Hall–Kier alpha value is -2.01. The molecular formula is C21H29N3O6S. The quantitative estimate of drug-likeness (QED) is 0.682. The predicted octanol–water partition coefficient (Wildman–Crippen LogP) is 0.672. The van der Waals surface area contributed by atoms with Crippen LogP contribution in [0.4, 0.5) is 5.69 Å². The van der Waals surface area contributed by atoms with E-state index in [1.165, 1.54) is 15.3 Å². The van der Waals surface area contributed by atoms with Crippen molar-refractivity contribution in [3.05, 3.63) is 23.8 Å². The molecule has 1 N–H and O–H groups in total. The van der Waals surface area contributed by atoms with Crippen LogP contribution in [-0.4, -0.2) is 76.6 Å². The maximum absolute atomic E-state index is 13.0. The Morgan fingerprint density at radius 3 is 2.68 bits per heavy atom. The molecule has 3 heterocycles. The van der Waals surface area contributed by atoms with Crippen molar-refractivity contribution in [3.63, 3.8) is 0 Å². The first-order valence-corrected chi connectivity index (χ1v) is 12.3. The van der Waals surface area contributed by atoms with E-state index in [9.17, 15) is 18.0 Å². The summed E-state index contributed by atoms with van der Waals surface area (Å²) in [5, 5.41) is 2.85. The topological polar surface area (TPSA) is 105 Å². The third-order valence-corrected chi connectivity index (χ3v) is 7.83. The first-order valence-electron chi connectivity index (χ1n) is 10.8. The Labute approximate surface area is 182 Å².